The van der Waals surface area contributed by atoms with E-state index in [1.807, 2.05) is 6.92 Å². The van der Waals surface area contributed by atoms with Gasteiger partial charge in [0.2, 0.25) is 5.91 Å². The van der Waals surface area contributed by atoms with Crippen LogP contribution in [0.5, 0.6) is 0 Å². The Morgan fingerprint density at radius 3 is 2.77 bits per heavy atom. The first-order valence-corrected chi connectivity index (χ1v) is 8.74. The van der Waals surface area contributed by atoms with Crippen LogP contribution in [0.3, 0.4) is 0 Å². The third-order valence-electron chi connectivity index (χ3n) is 5.26. The molecule has 0 unspecified atom stereocenters. The predicted molar refractivity (Wildman–Crippen MR) is 85.0 cm³/mol. The Hall–Kier alpha value is -1.12. The van der Waals surface area contributed by atoms with Crippen LogP contribution in [0.1, 0.15) is 51.9 Å². The molecule has 0 spiro atoms. The van der Waals surface area contributed by atoms with Crippen LogP contribution < -0.4 is 0 Å². The molecule has 1 amide bonds. The third-order valence-corrected chi connectivity index (χ3v) is 5.26. The second-order valence-electron chi connectivity index (χ2n) is 6.58. The lowest BCUT2D eigenvalue weighted by molar-refractivity contribution is -0.133. The first-order valence-electron chi connectivity index (χ1n) is 8.74. The molecule has 5 nitrogen and oxygen atoms in total. The second kappa shape index (κ2) is 8.50. The highest BCUT2D eigenvalue weighted by atomic mass is 16.3. The maximum Gasteiger partial charge on any atom is 0.236 e. The Morgan fingerprint density at radius 2 is 2.09 bits per heavy atom. The summed E-state index contributed by atoms with van der Waals surface area (Å²) in [5.41, 5.74) is 0. The van der Waals surface area contributed by atoms with Crippen LogP contribution in [0.15, 0.2) is 0 Å². The van der Waals surface area contributed by atoms with Gasteiger partial charge in [-0.15, -0.1) is 0 Å². The minimum atomic E-state index is -0.199. The van der Waals surface area contributed by atoms with Crippen LogP contribution in [0.4, 0.5) is 0 Å². The zero-order valence-corrected chi connectivity index (χ0v) is 13.7. The van der Waals surface area contributed by atoms with Crippen molar-refractivity contribution in [2.75, 3.05) is 26.2 Å². The molecule has 22 heavy (non-hydrogen) atoms. The van der Waals surface area contributed by atoms with E-state index in [2.05, 4.69) is 11.0 Å². The Balaban J connectivity index is 1.92. The summed E-state index contributed by atoms with van der Waals surface area (Å²) in [6.45, 7) is 4.53. The molecule has 1 saturated heterocycles. The summed E-state index contributed by atoms with van der Waals surface area (Å²) in [4.78, 5) is 16.5. The van der Waals surface area contributed by atoms with Crippen LogP contribution in [0.2, 0.25) is 0 Å². The molecule has 0 aromatic rings. The summed E-state index contributed by atoms with van der Waals surface area (Å²) in [6.07, 6.45) is 6.73. The average molecular weight is 307 g/mol. The smallest absolute Gasteiger partial charge is 0.236 e. The molecule has 124 valence electrons. The average Bonchev–Trinajstić information content (AvgIpc) is 2.96. The van der Waals surface area contributed by atoms with Crippen molar-refractivity contribution in [2.24, 2.45) is 5.92 Å². The van der Waals surface area contributed by atoms with Crippen LogP contribution in [-0.2, 0) is 4.79 Å². The van der Waals surface area contributed by atoms with Gasteiger partial charge in [-0.25, -0.2) is 0 Å². The predicted octanol–water partition coefficient (Wildman–Crippen LogP) is 1.76. The van der Waals surface area contributed by atoms with E-state index in [1.54, 1.807) is 4.90 Å². The monoisotopic (exact) mass is 307 g/mol. The van der Waals surface area contributed by atoms with E-state index < -0.39 is 0 Å². The highest BCUT2D eigenvalue weighted by Crippen LogP contribution is 2.34. The van der Waals surface area contributed by atoms with E-state index in [9.17, 15) is 9.90 Å². The first-order chi connectivity index (χ1) is 10.7. The number of likely N-dealkylation sites (tertiary alicyclic amines) is 1. The molecule has 1 heterocycles. The zero-order chi connectivity index (χ0) is 15.9. The number of hydrogen-bond donors (Lipinski definition) is 1. The summed E-state index contributed by atoms with van der Waals surface area (Å²) in [5, 5.41) is 19.0. The lowest BCUT2D eigenvalue weighted by Crippen LogP contribution is -2.47. The largest absolute Gasteiger partial charge is 0.393 e. The van der Waals surface area contributed by atoms with Crippen molar-refractivity contribution >= 4 is 5.91 Å². The molecule has 2 fully saturated rings. The Bertz CT molecular complexity index is 407. The maximum absolute atomic E-state index is 12.5. The number of hydrogen-bond acceptors (Lipinski definition) is 4. The van der Waals surface area contributed by atoms with Crippen molar-refractivity contribution in [2.45, 2.75) is 64.0 Å². The molecule has 2 aliphatic rings. The molecule has 1 aliphatic heterocycles. The summed E-state index contributed by atoms with van der Waals surface area (Å²) >= 11 is 0. The molecular weight excluding hydrogens is 278 g/mol. The van der Waals surface area contributed by atoms with Crippen molar-refractivity contribution in [3.05, 3.63) is 0 Å². The topological polar surface area (TPSA) is 67.6 Å². The van der Waals surface area contributed by atoms with Crippen LogP contribution in [0.25, 0.3) is 0 Å². The van der Waals surface area contributed by atoms with Gasteiger partial charge < -0.3 is 10.0 Å². The number of amides is 1. The highest BCUT2D eigenvalue weighted by molar-refractivity contribution is 5.78. The fourth-order valence-electron chi connectivity index (χ4n) is 4.04. The lowest BCUT2D eigenvalue weighted by Gasteiger charge is -2.37. The minimum Gasteiger partial charge on any atom is -0.393 e. The summed E-state index contributed by atoms with van der Waals surface area (Å²) in [5.74, 6) is 0.452. The molecule has 0 bridgehead atoms. The van der Waals surface area contributed by atoms with Crippen LogP contribution in [-0.4, -0.2) is 59.1 Å². The van der Waals surface area contributed by atoms with E-state index >= 15 is 0 Å². The molecule has 1 aliphatic carbocycles. The minimum absolute atomic E-state index is 0.120. The maximum atomic E-state index is 12.5. The Morgan fingerprint density at radius 1 is 1.32 bits per heavy atom. The van der Waals surface area contributed by atoms with Crippen molar-refractivity contribution in [3.63, 3.8) is 0 Å². The molecule has 0 radical (unpaired) electrons. The molecule has 2 rings (SSSR count). The quantitative estimate of drug-likeness (QED) is 0.812. The number of carbonyl (C=O) groups excluding carboxylic acids is 1. The fourth-order valence-corrected chi connectivity index (χ4v) is 4.04. The normalized spacial score (nSPS) is 29.2. The molecule has 3 atom stereocenters. The Kier molecular flexibility index (Phi) is 6.66. The van der Waals surface area contributed by atoms with Gasteiger partial charge in [-0.2, -0.15) is 5.26 Å². The van der Waals surface area contributed by atoms with Gasteiger partial charge in [0.05, 0.1) is 25.1 Å². The number of aliphatic hydroxyl groups excluding tert-OH is 1. The van der Waals surface area contributed by atoms with E-state index in [-0.39, 0.29) is 12.0 Å². The second-order valence-corrected chi connectivity index (χ2v) is 6.58. The van der Waals surface area contributed by atoms with Crippen molar-refractivity contribution < 1.29 is 9.90 Å². The zero-order valence-electron chi connectivity index (χ0n) is 13.7. The van der Waals surface area contributed by atoms with Crippen molar-refractivity contribution in [3.8, 4) is 6.07 Å². The van der Waals surface area contributed by atoms with Gasteiger partial charge in [0, 0.05) is 25.0 Å². The molecule has 1 saturated carbocycles. The summed E-state index contributed by atoms with van der Waals surface area (Å²) < 4.78 is 0. The van der Waals surface area contributed by atoms with Gasteiger partial charge in [-0.3, -0.25) is 9.69 Å². The highest BCUT2D eigenvalue weighted by Gasteiger charge is 2.37. The SMILES string of the molecule is CCN(CCC#N)C(=O)CN1CCC[C@@H]1[C@@H]1CCCC[C@@H]1O. The number of carbonyl (C=O) groups is 1. The number of likely N-dealkylation sites (N-methyl/N-ethyl adjacent to an activating group) is 1. The van der Waals surface area contributed by atoms with Gasteiger partial charge in [0.25, 0.3) is 0 Å². The molecule has 5 heteroatoms. The van der Waals surface area contributed by atoms with Gasteiger partial charge in [-0.1, -0.05) is 12.8 Å². The standard InChI is InChI=1S/C17H29N3O2/c1-2-19(12-6-10-18)17(22)13-20-11-5-8-15(20)14-7-3-4-9-16(14)21/h14-16,21H,2-9,11-13H2,1H3/t14-,15+,16-/m0/s1. The van der Waals surface area contributed by atoms with Crippen molar-refractivity contribution in [1.29, 1.82) is 5.26 Å². The van der Waals surface area contributed by atoms with E-state index in [0.717, 1.165) is 38.6 Å². The number of rotatable bonds is 6. The number of nitrogens with zero attached hydrogens (tertiary/aromatic N) is 3. The van der Waals surface area contributed by atoms with E-state index in [0.29, 0.717) is 38.0 Å². The van der Waals surface area contributed by atoms with E-state index in [4.69, 9.17) is 5.26 Å². The lowest BCUT2D eigenvalue weighted by atomic mass is 9.80. The molecule has 1 N–H and O–H groups in total. The number of aliphatic hydroxyl groups is 1. The summed E-state index contributed by atoms with van der Waals surface area (Å²) in [7, 11) is 0. The van der Waals surface area contributed by atoms with Gasteiger partial charge >= 0.3 is 0 Å². The van der Waals surface area contributed by atoms with E-state index in [1.165, 1.54) is 6.42 Å². The van der Waals surface area contributed by atoms with Crippen molar-refractivity contribution in [1.82, 2.24) is 9.80 Å². The Labute approximate surface area is 133 Å². The molecular formula is C17H29N3O2. The van der Waals surface area contributed by atoms with Gasteiger partial charge in [0.15, 0.2) is 0 Å². The first kappa shape index (κ1) is 17.2. The molecule has 0 aromatic carbocycles. The van der Waals surface area contributed by atoms with Gasteiger partial charge in [0.1, 0.15) is 0 Å². The van der Waals surface area contributed by atoms with Crippen LogP contribution >= 0.6 is 0 Å². The summed E-state index contributed by atoms with van der Waals surface area (Å²) in [6, 6.07) is 2.46. The third kappa shape index (κ3) is 4.21. The van der Waals surface area contributed by atoms with Gasteiger partial charge in [-0.05, 0) is 39.2 Å². The fraction of sp³-hybridized carbons (Fsp3) is 0.882. The number of nitriles is 1. The molecule has 0 aromatic heterocycles. The van der Waals surface area contributed by atoms with Crippen LogP contribution in [0, 0.1) is 17.2 Å².